The van der Waals surface area contributed by atoms with Crippen LogP contribution >= 0.6 is 15.9 Å². The van der Waals surface area contributed by atoms with E-state index in [1.807, 2.05) is 0 Å². The summed E-state index contributed by atoms with van der Waals surface area (Å²) in [4.78, 5) is 2.45. The summed E-state index contributed by atoms with van der Waals surface area (Å²) < 4.78 is 13.7. The standard InChI is InChI=1S/C14H20BrFN2/c1-18-9-3-2-4-12(18)7-8-17-14-6-5-11(16)10-13(14)15/h5-6,10,12,17H,2-4,7-9H2,1H3. The number of nitrogens with zero attached hydrogens (tertiary/aromatic N) is 1. The SMILES string of the molecule is CN1CCCCC1CCNc1ccc(F)cc1Br. The highest BCUT2D eigenvalue weighted by molar-refractivity contribution is 9.10. The quantitative estimate of drug-likeness (QED) is 0.907. The van der Waals surface area contributed by atoms with Gasteiger partial charge in [-0.15, -0.1) is 0 Å². The minimum Gasteiger partial charge on any atom is -0.384 e. The first-order valence-electron chi connectivity index (χ1n) is 6.56. The molecule has 1 aliphatic heterocycles. The van der Waals surface area contributed by atoms with Crippen molar-refractivity contribution in [2.45, 2.75) is 31.7 Å². The minimum absolute atomic E-state index is 0.209. The lowest BCUT2D eigenvalue weighted by atomic mass is 10.0. The van der Waals surface area contributed by atoms with Crippen molar-refractivity contribution in [3.63, 3.8) is 0 Å². The van der Waals surface area contributed by atoms with Crippen LogP contribution in [0.5, 0.6) is 0 Å². The summed E-state index contributed by atoms with van der Waals surface area (Å²) in [6.07, 6.45) is 5.10. The molecule has 1 aliphatic rings. The summed E-state index contributed by atoms with van der Waals surface area (Å²) in [7, 11) is 2.21. The topological polar surface area (TPSA) is 15.3 Å². The molecule has 1 atom stereocenters. The molecule has 0 aliphatic carbocycles. The van der Waals surface area contributed by atoms with Gasteiger partial charge in [-0.3, -0.25) is 0 Å². The van der Waals surface area contributed by atoms with Crippen molar-refractivity contribution >= 4 is 21.6 Å². The largest absolute Gasteiger partial charge is 0.384 e. The lowest BCUT2D eigenvalue weighted by Crippen LogP contribution is -2.37. The molecular formula is C14H20BrFN2. The van der Waals surface area contributed by atoms with E-state index in [4.69, 9.17) is 0 Å². The van der Waals surface area contributed by atoms with E-state index in [1.165, 1.54) is 37.9 Å². The molecule has 1 saturated heterocycles. The van der Waals surface area contributed by atoms with Crippen molar-refractivity contribution in [2.24, 2.45) is 0 Å². The van der Waals surface area contributed by atoms with Crippen LogP contribution in [0.25, 0.3) is 0 Å². The fourth-order valence-electron chi connectivity index (χ4n) is 2.52. The third kappa shape index (κ3) is 3.69. The molecule has 0 amide bonds. The summed E-state index contributed by atoms with van der Waals surface area (Å²) >= 11 is 3.37. The Morgan fingerprint density at radius 3 is 3.00 bits per heavy atom. The van der Waals surface area contributed by atoms with E-state index in [1.54, 1.807) is 6.07 Å². The Labute approximate surface area is 117 Å². The maximum atomic E-state index is 12.9. The highest BCUT2D eigenvalue weighted by atomic mass is 79.9. The van der Waals surface area contributed by atoms with Crippen molar-refractivity contribution < 1.29 is 4.39 Å². The van der Waals surface area contributed by atoms with E-state index in [-0.39, 0.29) is 5.82 Å². The first kappa shape index (κ1) is 13.8. The number of likely N-dealkylation sites (tertiary alicyclic amines) is 1. The van der Waals surface area contributed by atoms with Gasteiger partial charge in [0.1, 0.15) is 5.82 Å². The number of anilines is 1. The van der Waals surface area contributed by atoms with Gasteiger partial charge in [-0.25, -0.2) is 4.39 Å². The molecule has 0 aromatic heterocycles. The Morgan fingerprint density at radius 2 is 2.28 bits per heavy atom. The molecule has 1 aromatic rings. The number of benzene rings is 1. The van der Waals surface area contributed by atoms with Crippen LogP contribution in [0.15, 0.2) is 22.7 Å². The van der Waals surface area contributed by atoms with Gasteiger partial charge >= 0.3 is 0 Å². The number of rotatable bonds is 4. The second-order valence-corrected chi connectivity index (χ2v) is 5.82. The van der Waals surface area contributed by atoms with Crippen molar-refractivity contribution in [2.75, 3.05) is 25.5 Å². The van der Waals surface area contributed by atoms with Gasteiger partial charge in [0.05, 0.1) is 0 Å². The molecule has 18 heavy (non-hydrogen) atoms. The van der Waals surface area contributed by atoms with Crippen LogP contribution in [0.1, 0.15) is 25.7 Å². The molecule has 1 fully saturated rings. The Kier molecular flexibility index (Phi) is 5.01. The lowest BCUT2D eigenvalue weighted by molar-refractivity contribution is 0.179. The molecule has 4 heteroatoms. The van der Waals surface area contributed by atoms with Gasteiger partial charge in [-0.2, -0.15) is 0 Å². The summed E-state index contributed by atoms with van der Waals surface area (Å²) in [5.74, 6) is -0.209. The van der Waals surface area contributed by atoms with E-state index in [2.05, 4.69) is 33.2 Å². The fraction of sp³-hybridized carbons (Fsp3) is 0.571. The maximum Gasteiger partial charge on any atom is 0.124 e. The van der Waals surface area contributed by atoms with Crippen LogP contribution < -0.4 is 5.32 Å². The third-order valence-corrected chi connectivity index (χ3v) is 4.30. The van der Waals surface area contributed by atoms with E-state index < -0.39 is 0 Å². The van der Waals surface area contributed by atoms with Crippen LogP contribution in [-0.4, -0.2) is 31.1 Å². The van der Waals surface area contributed by atoms with Crippen LogP contribution in [0.3, 0.4) is 0 Å². The van der Waals surface area contributed by atoms with Crippen LogP contribution in [0.4, 0.5) is 10.1 Å². The number of hydrogen-bond donors (Lipinski definition) is 1. The third-order valence-electron chi connectivity index (χ3n) is 3.65. The Bertz CT molecular complexity index is 397. The summed E-state index contributed by atoms with van der Waals surface area (Å²) in [6.45, 7) is 2.14. The average Bonchev–Trinajstić information content (AvgIpc) is 2.34. The normalized spacial score (nSPS) is 20.9. The van der Waals surface area contributed by atoms with Gasteiger partial charge in [-0.05, 0) is 67.0 Å². The van der Waals surface area contributed by atoms with Gasteiger partial charge < -0.3 is 10.2 Å². The zero-order valence-corrected chi connectivity index (χ0v) is 12.3. The number of piperidine rings is 1. The van der Waals surface area contributed by atoms with Crippen molar-refractivity contribution in [3.05, 3.63) is 28.5 Å². The van der Waals surface area contributed by atoms with Gasteiger partial charge in [0.15, 0.2) is 0 Å². The van der Waals surface area contributed by atoms with Gasteiger partial charge in [0.2, 0.25) is 0 Å². The first-order valence-corrected chi connectivity index (χ1v) is 7.35. The Morgan fingerprint density at radius 1 is 1.44 bits per heavy atom. The predicted octanol–water partition coefficient (Wildman–Crippen LogP) is 3.87. The number of nitrogens with one attached hydrogen (secondary N) is 1. The fourth-order valence-corrected chi connectivity index (χ4v) is 3.01. The zero-order chi connectivity index (χ0) is 13.0. The van der Waals surface area contributed by atoms with Crippen LogP contribution in [0, 0.1) is 5.82 Å². The lowest BCUT2D eigenvalue weighted by Gasteiger charge is -2.32. The zero-order valence-electron chi connectivity index (χ0n) is 10.8. The smallest absolute Gasteiger partial charge is 0.124 e. The number of hydrogen-bond acceptors (Lipinski definition) is 2. The highest BCUT2D eigenvalue weighted by Crippen LogP contribution is 2.23. The van der Waals surface area contributed by atoms with E-state index >= 15 is 0 Å². The van der Waals surface area contributed by atoms with Gasteiger partial charge in [0, 0.05) is 22.7 Å². The van der Waals surface area contributed by atoms with E-state index in [0.717, 1.165) is 23.1 Å². The summed E-state index contributed by atoms with van der Waals surface area (Å²) in [5, 5.41) is 3.37. The molecule has 2 rings (SSSR count). The minimum atomic E-state index is -0.209. The molecule has 1 heterocycles. The van der Waals surface area contributed by atoms with E-state index in [9.17, 15) is 4.39 Å². The molecule has 1 unspecified atom stereocenters. The molecular weight excluding hydrogens is 295 g/mol. The van der Waals surface area contributed by atoms with Crippen molar-refractivity contribution in [3.8, 4) is 0 Å². The Hall–Kier alpha value is -0.610. The van der Waals surface area contributed by atoms with Crippen molar-refractivity contribution in [1.82, 2.24) is 4.90 Å². The molecule has 100 valence electrons. The maximum absolute atomic E-state index is 12.9. The average molecular weight is 315 g/mol. The summed E-state index contributed by atoms with van der Waals surface area (Å²) in [6, 6.07) is 5.45. The molecule has 0 radical (unpaired) electrons. The highest BCUT2D eigenvalue weighted by Gasteiger charge is 2.18. The second-order valence-electron chi connectivity index (χ2n) is 4.97. The van der Waals surface area contributed by atoms with E-state index in [0.29, 0.717) is 6.04 Å². The van der Waals surface area contributed by atoms with Crippen LogP contribution in [0.2, 0.25) is 0 Å². The molecule has 0 saturated carbocycles. The van der Waals surface area contributed by atoms with Gasteiger partial charge in [0.25, 0.3) is 0 Å². The molecule has 0 spiro atoms. The first-order chi connectivity index (χ1) is 8.66. The number of halogens is 2. The predicted molar refractivity (Wildman–Crippen MR) is 77.5 cm³/mol. The molecule has 2 nitrogen and oxygen atoms in total. The van der Waals surface area contributed by atoms with Gasteiger partial charge in [-0.1, -0.05) is 6.42 Å². The molecule has 1 N–H and O–H groups in total. The van der Waals surface area contributed by atoms with Crippen LogP contribution in [-0.2, 0) is 0 Å². The Balaban J connectivity index is 1.81. The van der Waals surface area contributed by atoms with Crippen molar-refractivity contribution in [1.29, 1.82) is 0 Å². The monoisotopic (exact) mass is 314 g/mol. The summed E-state index contributed by atoms with van der Waals surface area (Å²) in [5.41, 5.74) is 0.967. The molecule has 1 aromatic carbocycles. The second kappa shape index (κ2) is 6.53. The molecule has 0 bridgehead atoms.